The first-order chi connectivity index (χ1) is 14.0. The van der Waals surface area contributed by atoms with Gasteiger partial charge in [0.15, 0.2) is 0 Å². The van der Waals surface area contributed by atoms with E-state index >= 15 is 0 Å². The zero-order chi connectivity index (χ0) is 21.1. The van der Waals surface area contributed by atoms with Crippen LogP contribution < -0.4 is 5.32 Å². The van der Waals surface area contributed by atoms with Crippen LogP contribution in [0, 0.1) is 6.92 Å². The number of aryl methyl sites for hydroxylation is 1. The van der Waals surface area contributed by atoms with Crippen molar-refractivity contribution in [1.29, 1.82) is 0 Å². The van der Waals surface area contributed by atoms with Crippen LogP contribution in [0.4, 0.5) is 0 Å². The number of rotatable bonds is 11. The molecule has 2 aromatic rings. The smallest absolute Gasteiger partial charge is 0.242 e. The minimum atomic E-state index is -0.470. The zero-order valence-corrected chi connectivity index (χ0v) is 18.5. The van der Waals surface area contributed by atoms with Crippen molar-refractivity contribution in [3.05, 3.63) is 65.7 Å². The van der Waals surface area contributed by atoms with E-state index in [0.717, 1.165) is 17.7 Å². The average Bonchev–Trinajstić information content (AvgIpc) is 2.74. The molecule has 0 bridgehead atoms. The molecule has 0 spiro atoms. The number of hydrogen-bond acceptors (Lipinski definition) is 3. The number of amides is 2. The number of carbonyl (C=O) groups is 2. The van der Waals surface area contributed by atoms with Gasteiger partial charge in [0.2, 0.25) is 11.8 Å². The van der Waals surface area contributed by atoms with Gasteiger partial charge in [-0.05, 0) is 44.4 Å². The Balaban J connectivity index is 1.96. The van der Waals surface area contributed by atoms with Crippen LogP contribution in [0.15, 0.2) is 59.5 Å². The molecular weight excluding hydrogens is 380 g/mol. The minimum absolute atomic E-state index is 0.0275. The molecule has 4 nitrogen and oxygen atoms in total. The van der Waals surface area contributed by atoms with Gasteiger partial charge in [-0.15, -0.1) is 11.8 Å². The molecule has 0 aliphatic carbocycles. The van der Waals surface area contributed by atoms with Crippen molar-refractivity contribution in [3.8, 4) is 0 Å². The van der Waals surface area contributed by atoms with E-state index in [0.29, 0.717) is 25.3 Å². The fourth-order valence-corrected chi connectivity index (χ4v) is 3.84. The predicted octanol–water partition coefficient (Wildman–Crippen LogP) is 4.46. The fraction of sp³-hybridized carbons (Fsp3) is 0.417. The average molecular weight is 413 g/mol. The molecule has 0 aliphatic heterocycles. The third-order valence-corrected chi connectivity index (χ3v) is 5.82. The van der Waals surface area contributed by atoms with Crippen molar-refractivity contribution >= 4 is 23.6 Å². The molecule has 2 aromatic carbocycles. The summed E-state index contributed by atoms with van der Waals surface area (Å²) in [6.07, 6.45) is 2.03. The first kappa shape index (κ1) is 23.0. The van der Waals surface area contributed by atoms with E-state index in [4.69, 9.17) is 0 Å². The lowest BCUT2D eigenvalue weighted by atomic mass is 10.1. The Labute approximate surface area is 179 Å². The van der Waals surface area contributed by atoms with E-state index < -0.39 is 6.04 Å². The molecule has 0 radical (unpaired) electrons. The Bertz CT molecular complexity index is 762. The first-order valence-corrected chi connectivity index (χ1v) is 11.3. The van der Waals surface area contributed by atoms with Crippen LogP contribution in [0.3, 0.4) is 0 Å². The number of carbonyl (C=O) groups excluding carboxylic acids is 2. The summed E-state index contributed by atoms with van der Waals surface area (Å²) in [7, 11) is 0. The number of hydrogen-bond donors (Lipinski definition) is 1. The quantitative estimate of drug-likeness (QED) is 0.554. The minimum Gasteiger partial charge on any atom is -0.354 e. The van der Waals surface area contributed by atoms with Crippen LogP contribution in [0.25, 0.3) is 0 Å². The van der Waals surface area contributed by atoms with Crippen LogP contribution in [0.2, 0.25) is 0 Å². The number of nitrogens with one attached hydrogen (secondary N) is 1. The fourth-order valence-electron chi connectivity index (χ4n) is 3.00. The van der Waals surface area contributed by atoms with E-state index in [1.807, 2.05) is 32.0 Å². The van der Waals surface area contributed by atoms with Gasteiger partial charge < -0.3 is 10.2 Å². The predicted molar refractivity (Wildman–Crippen MR) is 121 cm³/mol. The maximum atomic E-state index is 13.0. The maximum Gasteiger partial charge on any atom is 0.242 e. The molecule has 2 amide bonds. The molecule has 0 fully saturated rings. The Morgan fingerprint density at radius 1 is 1.07 bits per heavy atom. The second kappa shape index (κ2) is 12.3. The van der Waals surface area contributed by atoms with Gasteiger partial charge in [0, 0.05) is 30.2 Å². The van der Waals surface area contributed by atoms with Crippen molar-refractivity contribution < 1.29 is 9.59 Å². The monoisotopic (exact) mass is 412 g/mol. The molecule has 29 heavy (non-hydrogen) atoms. The van der Waals surface area contributed by atoms with Gasteiger partial charge in [0.1, 0.15) is 6.04 Å². The van der Waals surface area contributed by atoms with Crippen molar-refractivity contribution in [1.82, 2.24) is 10.2 Å². The van der Waals surface area contributed by atoms with E-state index in [-0.39, 0.29) is 11.8 Å². The van der Waals surface area contributed by atoms with Gasteiger partial charge in [-0.2, -0.15) is 0 Å². The third kappa shape index (κ3) is 7.94. The molecule has 156 valence electrons. The third-order valence-electron chi connectivity index (χ3n) is 4.81. The topological polar surface area (TPSA) is 49.4 Å². The van der Waals surface area contributed by atoms with Crippen molar-refractivity contribution in [2.75, 3.05) is 18.8 Å². The highest BCUT2D eigenvalue weighted by Gasteiger charge is 2.25. The molecule has 5 heteroatoms. The van der Waals surface area contributed by atoms with E-state index in [9.17, 15) is 9.59 Å². The van der Waals surface area contributed by atoms with Crippen LogP contribution >= 0.6 is 11.8 Å². The second-order valence-electron chi connectivity index (χ2n) is 7.20. The summed E-state index contributed by atoms with van der Waals surface area (Å²) in [5.41, 5.74) is 2.39. The van der Waals surface area contributed by atoms with Gasteiger partial charge >= 0.3 is 0 Å². The molecule has 2 rings (SSSR count). The van der Waals surface area contributed by atoms with Gasteiger partial charge in [0.25, 0.3) is 0 Å². The van der Waals surface area contributed by atoms with Crippen LogP contribution in [0.5, 0.6) is 0 Å². The molecule has 0 saturated carbocycles. The summed E-state index contributed by atoms with van der Waals surface area (Å²) in [5, 5.41) is 2.91. The van der Waals surface area contributed by atoms with Crippen LogP contribution in [-0.2, 0) is 16.0 Å². The summed E-state index contributed by atoms with van der Waals surface area (Å²) in [4.78, 5) is 28.3. The Hall–Kier alpha value is -2.27. The van der Waals surface area contributed by atoms with Crippen LogP contribution in [-0.4, -0.2) is 41.6 Å². The Kier molecular flexibility index (Phi) is 9.78. The Morgan fingerprint density at radius 2 is 1.76 bits per heavy atom. The molecule has 0 aromatic heterocycles. The number of thioether (sulfide) groups is 1. The number of benzene rings is 2. The highest BCUT2D eigenvalue weighted by atomic mass is 32.2. The van der Waals surface area contributed by atoms with Crippen molar-refractivity contribution in [2.24, 2.45) is 0 Å². The van der Waals surface area contributed by atoms with Crippen molar-refractivity contribution in [2.45, 2.75) is 51.0 Å². The second-order valence-corrected chi connectivity index (χ2v) is 8.37. The SMILES string of the molecule is CCCNC(=O)[C@H](C)N(CCc1ccccc1)C(=O)CCSc1ccc(C)cc1. The lowest BCUT2D eigenvalue weighted by Gasteiger charge is -2.28. The summed E-state index contributed by atoms with van der Waals surface area (Å²) in [6.45, 7) is 7.08. The molecular formula is C24H32N2O2S. The molecule has 1 N–H and O–H groups in total. The largest absolute Gasteiger partial charge is 0.354 e. The molecule has 0 saturated heterocycles. The molecule has 0 heterocycles. The Morgan fingerprint density at radius 3 is 2.41 bits per heavy atom. The summed E-state index contributed by atoms with van der Waals surface area (Å²) in [5.74, 6) is 0.645. The first-order valence-electron chi connectivity index (χ1n) is 10.3. The lowest BCUT2D eigenvalue weighted by molar-refractivity contribution is -0.139. The zero-order valence-electron chi connectivity index (χ0n) is 17.7. The molecule has 1 atom stereocenters. The van der Waals surface area contributed by atoms with Gasteiger partial charge in [-0.3, -0.25) is 9.59 Å². The van der Waals surface area contributed by atoms with Crippen LogP contribution in [0.1, 0.15) is 37.8 Å². The highest BCUT2D eigenvalue weighted by Crippen LogP contribution is 2.20. The summed E-state index contributed by atoms with van der Waals surface area (Å²) < 4.78 is 0. The highest BCUT2D eigenvalue weighted by molar-refractivity contribution is 7.99. The summed E-state index contributed by atoms with van der Waals surface area (Å²) >= 11 is 1.68. The van der Waals surface area contributed by atoms with E-state index in [2.05, 4.69) is 48.6 Å². The van der Waals surface area contributed by atoms with E-state index in [1.54, 1.807) is 16.7 Å². The van der Waals surface area contributed by atoms with Gasteiger partial charge in [-0.1, -0.05) is 55.0 Å². The molecule has 0 aliphatic rings. The maximum absolute atomic E-state index is 13.0. The van der Waals surface area contributed by atoms with Crippen molar-refractivity contribution in [3.63, 3.8) is 0 Å². The lowest BCUT2D eigenvalue weighted by Crippen LogP contribution is -2.49. The normalized spacial score (nSPS) is 11.7. The van der Waals surface area contributed by atoms with Gasteiger partial charge in [0.05, 0.1) is 0 Å². The van der Waals surface area contributed by atoms with Gasteiger partial charge in [-0.25, -0.2) is 0 Å². The number of nitrogens with zero attached hydrogens (tertiary/aromatic N) is 1. The van der Waals surface area contributed by atoms with E-state index in [1.165, 1.54) is 11.1 Å². The molecule has 0 unspecified atom stereocenters. The standard InChI is InChI=1S/C24H32N2O2S/c1-4-16-25-24(28)20(3)26(17-14-21-8-6-5-7-9-21)23(27)15-18-29-22-12-10-19(2)11-13-22/h5-13,20H,4,14-18H2,1-3H3,(H,25,28)/t20-/m0/s1. The summed E-state index contributed by atoms with van der Waals surface area (Å²) in [6, 6.07) is 17.9.